The molecule has 0 radical (unpaired) electrons. The molecule has 3 heterocycles. The Labute approximate surface area is 91.0 Å². The summed E-state index contributed by atoms with van der Waals surface area (Å²) in [5.41, 5.74) is 0.423. The van der Waals surface area contributed by atoms with Crippen LogP contribution in [0.5, 0.6) is 5.75 Å². The Morgan fingerprint density at radius 2 is 2.19 bits per heavy atom. The summed E-state index contributed by atoms with van der Waals surface area (Å²) < 4.78 is 6.94. The first-order chi connectivity index (χ1) is 7.74. The Kier molecular flexibility index (Phi) is 1.73. The van der Waals surface area contributed by atoms with Gasteiger partial charge in [0, 0.05) is 6.20 Å². The van der Waals surface area contributed by atoms with Crippen molar-refractivity contribution in [2.75, 3.05) is 0 Å². The zero-order valence-corrected chi connectivity index (χ0v) is 8.58. The zero-order valence-electron chi connectivity index (χ0n) is 8.58. The van der Waals surface area contributed by atoms with Gasteiger partial charge in [-0.25, -0.2) is 9.50 Å². The fourth-order valence-electron chi connectivity index (χ4n) is 1.55. The summed E-state index contributed by atoms with van der Waals surface area (Å²) in [5, 5.41) is 13.8. The van der Waals surface area contributed by atoms with Gasteiger partial charge in [0.25, 0.3) is 0 Å². The Hall–Kier alpha value is -2.30. The van der Waals surface area contributed by atoms with E-state index in [1.807, 2.05) is 13.0 Å². The molecule has 0 spiro atoms. The van der Waals surface area contributed by atoms with Crippen LogP contribution < -0.4 is 0 Å². The Balaban J connectivity index is 2.22. The molecule has 0 aliphatic rings. The minimum Gasteiger partial charge on any atom is -0.504 e. The van der Waals surface area contributed by atoms with Crippen LogP contribution in [0.1, 0.15) is 5.76 Å². The molecule has 0 saturated heterocycles. The first kappa shape index (κ1) is 8.96. The Bertz CT molecular complexity index is 654. The number of hydrogen-bond donors (Lipinski definition) is 1. The first-order valence-corrected chi connectivity index (χ1v) is 4.85. The maximum absolute atomic E-state index is 9.58. The lowest BCUT2D eigenvalue weighted by Crippen LogP contribution is -1.85. The zero-order chi connectivity index (χ0) is 11.1. The van der Waals surface area contributed by atoms with Crippen LogP contribution in [0.4, 0.5) is 0 Å². The molecule has 0 aliphatic carbocycles. The molecule has 80 valence electrons. The summed E-state index contributed by atoms with van der Waals surface area (Å²) in [5.74, 6) is 1.97. The van der Waals surface area contributed by atoms with Crippen LogP contribution in [-0.4, -0.2) is 19.7 Å². The summed E-state index contributed by atoms with van der Waals surface area (Å²) >= 11 is 0. The molecular formula is C11H9N3O2. The van der Waals surface area contributed by atoms with E-state index in [4.69, 9.17) is 4.42 Å². The van der Waals surface area contributed by atoms with E-state index in [1.165, 1.54) is 4.52 Å². The number of aromatic hydroxyl groups is 1. The van der Waals surface area contributed by atoms with E-state index < -0.39 is 0 Å². The number of furan rings is 1. The molecule has 0 fully saturated rings. The highest BCUT2D eigenvalue weighted by molar-refractivity contribution is 5.58. The topological polar surface area (TPSA) is 63.6 Å². The molecule has 0 unspecified atom stereocenters. The van der Waals surface area contributed by atoms with Crippen molar-refractivity contribution in [3.05, 3.63) is 36.2 Å². The highest BCUT2D eigenvalue weighted by Crippen LogP contribution is 2.22. The van der Waals surface area contributed by atoms with E-state index in [1.54, 1.807) is 24.4 Å². The molecular weight excluding hydrogens is 206 g/mol. The summed E-state index contributed by atoms with van der Waals surface area (Å²) in [7, 11) is 0. The average molecular weight is 215 g/mol. The van der Waals surface area contributed by atoms with Crippen LogP contribution in [0, 0.1) is 6.92 Å². The molecule has 0 bridgehead atoms. The van der Waals surface area contributed by atoms with Crippen LogP contribution in [0.2, 0.25) is 0 Å². The number of hydrogen-bond acceptors (Lipinski definition) is 4. The summed E-state index contributed by atoms with van der Waals surface area (Å²) in [6.07, 6.45) is 1.72. The van der Waals surface area contributed by atoms with Crippen molar-refractivity contribution in [1.82, 2.24) is 14.6 Å². The number of rotatable bonds is 1. The highest BCUT2D eigenvalue weighted by atomic mass is 16.3. The molecule has 0 saturated carbocycles. The SMILES string of the molecule is Cc1ccc(-c2nc3c(O)cccn3n2)o1. The van der Waals surface area contributed by atoms with Gasteiger partial charge in [-0.15, -0.1) is 5.10 Å². The second-order valence-electron chi connectivity index (χ2n) is 3.51. The highest BCUT2D eigenvalue weighted by Gasteiger charge is 2.11. The largest absolute Gasteiger partial charge is 0.504 e. The van der Waals surface area contributed by atoms with Gasteiger partial charge in [-0.3, -0.25) is 0 Å². The standard InChI is InChI=1S/C11H9N3O2/c1-7-4-5-9(16-7)10-12-11-8(15)3-2-6-14(11)13-10/h2-6,15H,1H3. The molecule has 0 aliphatic heterocycles. The third kappa shape index (κ3) is 1.25. The van der Waals surface area contributed by atoms with Crippen molar-refractivity contribution in [1.29, 1.82) is 0 Å². The van der Waals surface area contributed by atoms with Gasteiger partial charge in [-0.05, 0) is 31.2 Å². The molecule has 1 N–H and O–H groups in total. The molecule has 0 amide bonds. The second kappa shape index (κ2) is 3.10. The van der Waals surface area contributed by atoms with Gasteiger partial charge in [-0.2, -0.15) is 0 Å². The van der Waals surface area contributed by atoms with Crippen molar-refractivity contribution in [2.45, 2.75) is 6.92 Å². The third-order valence-electron chi connectivity index (χ3n) is 2.30. The number of fused-ring (bicyclic) bond motifs is 1. The maximum Gasteiger partial charge on any atom is 0.218 e. The van der Waals surface area contributed by atoms with E-state index in [9.17, 15) is 5.11 Å². The summed E-state index contributed by atoms with van der Waals surface area (Å²) in [4.78, 5) is 4.20. The van der Waals surface area contributed by atoms with Crippen LogP contribution in [0.3, 0.4) is 0 Å². The van der Waals surface area contributed by atoms with Gasteiger partial charge in [0.15, 0.2) is 17.2 Å². The van der Waals surface area contributed by atoms with Gasteiger partial charge in [0.05, 0.1) is 0 Å². The Morgan fingerprint density at radius 3 is 2.88 bits per heavy atom. The minimum absolute atomic E-state index is 0.101. The molecule has 3 rings (SSSR count). The third-order valence-corrected chi connectivity index (χ3v) is 2.30. The van der Waals surface area contributed by atoms with Gasteiger partial charge in [0.1, 0.15) is 5.76 Å². The maximum atomic E-state index is 9.58. The van der Waals surface area contributed by atoms with Crippen molar-refractivity contribution < 1.29 is 9.52 Å². The van der Waals surface area contributed by atoms with Crippen molar-refractivity contribution >= 4 is 5.65 Å². The van der Waals surface area contributed by atoms with Crippen molar-refractivity contribution in [2.24, 2.45) is 0 Å². The van der Waals surface area contributed by atoms with Crippen LogP contribution >= 0.6 is 0 Å². The van der Waals surface area contributed by atoms with Crippen LogP contribution in [0.15, 0.2) is 34.9 Å². The van der Waals surface area contributed by atoms with E-state index in [0.717, 1.165) is 5.76 Å². The van der Waals surface area contributed by atoms with Gasteiger partial charge >= 0.3 is 0 Å². The molecule has 16 heavy (non-hydrogen) atoms. The number of nitrogens with zero attached hydrogens (tertiary/aromatic N) is 3. The lowest BCUT2D eigenvalue weighted by atomic mass is 10.4. The normalized spacial score (nSPS) is 11.1. The fourth-order valence-corrected chi connectivity index (χ4v) is 1.55. The first-order valence-electron chi connectivity index (χ1n) is 4.85. The molecule has 0 aromatic carbocycles. The number of aromatic nitrogens is 3. The Morgan fingerprint density at radius 1 is 1.31 bits per heavy atom. The smallest absolute Gasteiger partial charge is 0.218 e. The lowest BCUT2D eigenvalue weighted by molar-refractivity contribution is 0.477. The van der Waals surface area contributed by atoms with E-state index in [-0.39, 0.29) is 5.75 Å². The van der Waals surface area contributed by atoms with Crippen LogP contribution in [-0.2, 0) is 0 Å². The van der Waals surface area contributed by atoms with Gasteiger partial charge in [-0.1, -0.05) is 0 Å². The number of pyridine rings is 1. The second-order valence-corrected chi connectivity index (χ2v) is 3.51. The van der Waals surface area contributed by atoms with Crippen molar-refractivity contribution in [3.63, 3.8) is 0 Å². The summed E-state index contributed by atoms with van der Waals surface area (Å²) in [6.45, 7) is 1.86. The van der Waals surface area contributed by atoms with Gasteiger partial charge in [0.2, 0.25) is 5.82 Å². The minimum atomic E-state index is 0.101. The molecule has 3 aromatic rings. The predicted octanol–water partition coefficient (Wildman–Crippen LogP) is 2.00. The monoisotopic (exact) mass is 215 g/mol. The quantitative estimate of drug-likeness (QED) is 0.674. The fraction of sp³-hybridized carbons (Fsp3) is 0.0909. The van der Waals surface area contributed by atoms with E-state index >= 15 is 0 Å². The van der Waals surface area contributed by atoms with Gasteiger partial charge < -0.3 is 9.52 Å². The van der Waals surface area contributed by atoms with E-state index in [0.29, 0.717) is 17.2 Å². The molecule has 5 nitrogen and oxygen atoms in total. The number of aryl methyl sites for hydroxylation is 1. The molecule has 0 atom stereocenters. The van der Waals surface area contributed by atoms with Crippen molar-refractivity contribution in [3.8, 4) is 17.3 Å². The predicted molar refractivity (Wildman–Crippen MR) is 57.1 cm³/mol. The van der Waals surface area contributed by atoms with Crippen LogP contribution in [0.25, 0.3) is 17.2 Å². The lowest BCUT2D eigenvalue weighted by Gasteiger charge is -1.91. The molecule has 5 heteroatoms. The van der Waals surface area contributed by atoms with E-state index in [2.05, 4.69) is 10.1 Å². The summed E-state index contributed by atoms with van der Waals surface area (Å²) in [6, 6.07) is 6.93. The average Bonchev–Trinajstić information content (AvgIpc) is 2.84. The molecule has 3 aromatic heterocycles.